The van der Waals surface area contributed by atoms with Gasteiger partial charge in [-0.05, 0) is 18.8 Å². The van der Waals surface area contributed by atoms with Crippen LogP contribution >= 0.6 is 0 Å². The number of carbonyl (C=O) groups is 4. The fourth-order valence-corrected chi connectivity index (χ4v) is 5.13. The average molecular weight is 436 g/mol. The van der Waals surface area contributed by atoms with Crippen molar-refractivity contribution in [2.75, 3.05) is 65.6 Å². The molecule has 3 aliphatic heterocycles. The number of ether oxygens (including phenoxy) is 1. The highest BCUT2D eigenvalue weighted by atomic mass is 16.5. The molecule has 0 unspecified atom stereocenters. The minimum absolute atomic E-state index is 0.0744. The Balaban J connectivity index is 1.27. The third-order valence-electron chi connectivity index (χ3n) is 7.24. The van der Waals surface area contributed by atoms with Gasteiger partial charge in [-0.3, -0.25) is 24.2 Å². The summed E-state index contributed by atoms with van der Waals surface area (Å²) in [4.78, 5) is 57.5. The molecule has 0 aromatic rings. The van der Waals surface area contributed by atoms with Gasteiger partial charge in [-0.1, -0.05) is 19.8 Å². The van der Waals surface area contributed by atoms with Crippen molar-refractivity contribution in [2.45, 2.75) is 38.1 Å². The lowest BCUT2D eigenvalue weighted by atomic mass is 9.73. The Kier molecular flexibility index (Phi) is 6.47. The first-order valence-electron chi connectivity index (χ1n) is 11.4. The Bertz CT molecular complexity index is 732. The van der Waals surface area contributed by atoms with Crippen LogP contribution in [0.4, 0.5) is 4.79 Å². The van der Waals surface area contributed by atoms with Crippen molar-refractivity contribution >= 4 is 23.8 Å². The van der Waals surface area contributed by atoms with Gasteiger partial charge in [0.2, 0.25) is 11.8 Å². The summed E-state index contributed by atoms with van der Waals surface area (Å²) in [5.41, 5.74) is -0.839. The van der Waals surface area contributed by atoms with Crippen LogP contribution in [0.5, 0.6) is 0 Å². The first-order chi connectivity index (χ1) is 14.9. The third kappa shape index (κ3) is 4.41. The van der Waals surface area contributed by atoms with E-state index >= 15 is 0 Å². The van der Waals surface area contributed by atoms with Crippen LogP contribution < -0.4 is 5.32 Å². The molecule has 0 aromatic carbocycles. The average Bonchev–Trinajstić information content (AvgIpc) is 3.01. The molecule has 0 radical (unpaired) electrons. The predicted molar refractivity (Wildman–Crippen MR) is 111 cm³/mol. The number of piperazine rings is 1. The SMILES string of the molecule is C[C@H]1CCCC[C@@]12NC(=O)N(CC(=O)N1CCN(CC(=O)N3CCOCC3)CC1)C2=O. The molecule has 2 atom stereocenters. The largest absolute Gasteiger partial charge is 0.378 e. The number of morpholine rings is 1. The van der Waals surface area contributed by atoms with Crippen LogP contribution in [-0.4, -0.2) is 114 Å². The topological polar surface area (TPSA) is 102 Å². The molecule has 0 bridgehead atoms. The fraction of sp³-hybridized carbons (Fsp3) is 0.810. The van der Waals surface area contributed by atoms with E-state index in [2.05, 4.69) is 5.32 Å². The lowest BCUT2D eigenvalue weighted by Crippen LogP contribution is -2.55. The number of hydrogen-bond donors (Lipinski definition) is 1. The number of imide groups is 1. The molecule has 10 nitrogen and oxygen atoms in total. The van der Waals surface area contributed by atoms with Gasteiger partial charge in [-0.25, -0.2) is 4.79 Å². The zero-order valence-electron chi connectivity index (χ0n) is 18.3. The third-order valence-corrected chi connectivity index (χ3v) is 7.24. The molecule has 5 amide bonds. The van der Waals surface area contributed by atoms with Crippen LogP contribution in [0.2, 0.25) is 0 Å². The van der Waals surface area contributed by atoms with Gasteiger partial charge in [0.1, 0.15) is 12.1 Å². The van der Waals surface area contributed by atoms with Crippen molar-refractivity contribution < 1.29 is 23.9 Å². The molecule has 1 spiro atoms. The van der Waals surface area contributed by atoms with Crippen LogP contribution in [0.25, 0.3) is 0 Å². The monoisotopic (exact) mass is 435 g/mol. The van der Waals surface area contributed by atoms with Gasteiger partial charge in [0.05, 0.1) is 19.8 Å². The Morgan fingerprint density at radius 2 is 1.61 bits per heavy atom. The maximum absolute atomic E-state index is 13.1. The summed E-state index contributed by atoms with van der Waals surface area (Å²) in [6.45, 7) is 6.72. The lowest BCUT2D eigenvalue weighted by molar-refractivity contribution is -0.142. The van der Waals surface area contributed by atoms with Gasteiger partial charge >= 0.3 is 6.03 Å². The van der Waals surface area contributed by atoms with Crippen LogP contribution in [0.3, 0.4) is 0 Å². The number of amides is 5. The second kappa shape index (κ2) is 9.12. The lowest BCUT2D eigenvalue weighted by Gasteiger charge is -2.37. The van der Waals surface area contributed by atoms with Crippen molar-refractivity contribution in [3.05, 3.63) is 0 Å². The molecule has 1 aliphatic carbocycles. The maximum Gasteiger partial charge on any atom is 0.325 e. The zero-order valence-corrected chi connectivity index (χ0v) is 18.3. The smallest absolute Gasteiger partial charge is 0.325 e. The second-order valence-corrected chi connectivity index (χ2v) is 9.09. The molecule has 1 N–H and O–H groups in total. The molecule has 4 fully saturated rings. The van der Waals surface area contributed by atoms with Crippen molar-refractivity contribution in [1.82, 2.24) is 24.9 Å². The molecule has 4 aliphatic rings. The van der Waals surface area contributed by atoms with E-state index in [0.29, 0.717) is 65.4 Å². The van der Waals surface area contributed by atoms with Crippen LogP contribution in [0, 0.1) is 5.92 Å². The summed E-state index contributed by atoms with van der Waals surface area (Å²) < 4.78 is 5.28. The van der Waals surface area contributed by atoms with E-state index in [1.165, 1.54) is 0 Å². The molecule has 172 valence electrons. The minimum atomic E-state index is -0.839. The molecule has 3 heterocycles. The normalized spacial score (nSPS) is 30.1. The van der Waals surface area contributed by atoms with E-state index < -0.39 is 11.6 Å². The van der Waals surface area contributed by atoms with E-state index in [1.807, 2.05) is 16.7 Å². The predicted octanol–water partition coefficient (Wildman–Crippen LogP) is -0.510. The highest BCUT2D eigenvalue weighted by molar-refractivity contribution is 6.09. The molecule has 1 saturated carbocycles. The molecule has 10 heteroatoms. The van der Waals surface area contributed by atoms with Crippen molar-refractivity contribution in [2.24, 2.45) is 5.92 Å². The number of carbonyl (C=O) groups excluding carboxylic acids is 4. The minimum Gasteiger partial charge on any atom is -0.378 e. The first kappa shape index (κ1) is 22.0. The molecule has 4 rings (SSSR count). The van der Waals surface area contributed by atoms with Gasteiger partial charge in [0.15, 0.2) is 0 Å². The zero-order chi connectivity index (χ0) is 22.0. The Morgan fingerprint density at radius 3 is 2.29 bits per heavy atom. The van der Waals surface area contributed by atoms with E-state index in [4.69, 9.17) is 4.74 Å². The highest BCUT2D eigenvalue weighted by Crippen LogP contribution is 2.38. The summed E-state index contributed by atoms with van der Waals surface area (Å²) in [7, 11) is 0. The fourth-order valence-electron chi connectivity index (χ4n) is 5.13. The Morgan fingerprint density at radius 1 is 0.968 bits per heavy atom. The summed E-state index contributed by atoms with van der Waals surface area (Å²) in [6, 6.07) is -0.457. The highest BCUT2D eigenvalue weighted by Gasteiger charge is 2.55. The molecule has 31 heavy (non-hydrogen) atoms. The summed E-state index contributed by atoms with van der Waals surface area (Å²) in [6.07, 6.45) is 3.50. The Labute approximate surface area is 182 Å². The summed E-state index contributed by atoms with van der Waals surface area (Å²) in [5.74, 6) is -0.310. The first-order valence-corrected chi connectivity index (χ1v) is 11.4. The molecular formula is C21H33N5O5. The van der Waals surface area contributed by atoms with Crippen molar-refractivity contribution in [1.29, 1.82) is 0 Å². The standard InChI is InChI=1S/C21H33N5O5/c1-16-4-2-3-5-21(16)19(29)26(20(30)22-21)15-18(28)24-8-6-23(7-9-24)14-17(27)25-10-12-31-13-11-25/h16H,2-15H2,1H3,(H,22,30)/t16-,21+/m0/s1. The molecular weight excluding hydrogens is 402 g/mol. The van der Waals surface area contributed by atoms with E-state index in [1.54, 1.807) is 4.90 Å². The second-order valence-electron chi connectivity index (χ2n) is 9.09. The van der Waals surface area contributed by atoms with Gasteiger partial charge in [-0.2, -0.15) is 0 Å². The number of nitrogens with one attached hydrogen (secondary N) is 1. The summed E-state index contributed by atoms with van der Waals surface area (Å²) in [5, 5.41) is 2.89. The quantitative estimate of drug-likeness (QED) is 0.597. The van der Waals surface area contributed by atoms with Crippen LogP contribution in [-0.2, 0) is 19.1 Å². The van der Waals surface area contributed by atoms with E-state index in [9.17, 15) is 19.2 Å². The molecule has 0 aromatic heterocycles. The number of rotatable bonds is 4. The molecule has 3 saturated heterocycles. The number of urea groups is 1. The maximum atomic E-state index is 13.1. The van der Waals surface area contributed by atoms with Crippen molar-refractivity contribution in [3.63, 3.8) is 0 Å². The van der Waals surface area contributed by atoms with Crippen molar-refractivity contribution in [3.8, 4) is 0 Å². The van der Waals surface area contributed by atoms with Gasteiger partial charge in [0, 0.05) is 39.3 Å². The number of hydrogen-bond acceptors (Lipinski definition) is 6. The van der Waals surface area contributed by atoms with Crippen LogP contribution in [0.1, 0.15) is 32.6 Å². The van der Waals surface area contributed by atoms with Gasteiger partial charge in [-0.15, -0.1) is 0 Å². The van der Waals surface area contributed by atoms with Crippen LogP contribution in [0.15, 0.2) is 0 Å². The van der Waals surface area contributed by atoms with Gasteiger partial charge < -0.3 is 19.9 Å². The number of nitrogens with zero attached hydrogens (tertiary/aromatic N) is 4. The van der Waals surface area contributed by atoms with Gasteiger partial charge in [0.25, 0.3) is 5.91 Å². The Hall–Kier alpha value is -2.20. The van der Waals surface area contributed by atoms with E-state index in [-0.39, 0.29) is 30.2 Å². The summed E-state index contributed by atoms with van der Waals surface area (Å²) >= 11 is 0. The van der Waals surface area contributed by atoms with E-state index in [0.717, 1.165) is 24.2 Å².